The maximum Gasteiger partial charge on any atom is 0.573 e. The van der Waals surface area contributed by atoms with Crippen molar-refractivity contribution in [3.05, 3.63) is 53.9 Å². The molecule has 3 rings (SSSR count). The lowest BCUT2D eigenvalue weighted by molar-refractivity contribution is -0.274. The number of nitrogens with zero attached hydrogens (tertiary/aromatic N) is 4. The van der Waals surface area contributed by atoms with E-state index in [1.165, 1.54) is 22.6 Å². The van der Waals surface area contributed by atoms with Crippen molar-refractivity contribution in [2.45, 2.75) is 30.7 Å². The molecule has 8 nitrogen and oxygen atoms in total. The first kappa shape index (κ1) is 22.5. The number of rotatable bonds is 6. The van der Waals surface area contributed by atoms with E-state index in [0.29, 0.717) is 29.8 Å². The van der Waals surface area contributed by atoms with Gasteiger partial charge in [-0.15, -0.1) is 13.2 Å². The zero-order chi connectivity index (χ0) is 22.5. The minimum atomic E-state index is -4.91. The molecule has 0 atom stereocenters. The lowest BCUT2D eigenvalue weighted by atomic mass is 10.1. The second kappa shape index (κ2) is 9.32. The molecule has 31 heavy (non-hydrogen) atoms. The number of nitriles is 1. The van der Waals surface area contributed by atoms with Crippen LogP contribution in [-0.2, 0) is 21.5 Å². The first-order chi connectivity index (χ1) is 14.7. The highest BCUT2D eigenvalue weighted by molar-refractivity contribution is 7.89. The van der Waals surface area contributed by atoms with Crippen LogP contribution in [0.2, 0.25) is 0 Å². The molecule has 0 spiro atoms. The van der Waals surface area contributed by atoms with Crippen molar-refractivity contribution in [3.8, 4) is 11.8 Å². The zero-order valence-corrected chi connectivity index (χ0v) is 16.9. The summed E-state index contributed by atoms with van der Waals surface area (Å²) in [6.45, 7) is 0.279. The number of ether oxygens (including phenoxy) is 1. The van der Waals surface area contributed by atoms with Gasteiger partial charge in [-0.05, 0) is 24.3 Å². The van der Waals surface area contributed by atoms with E-state index < -0.39 is 22.1 Å². The van der Waals surface area contributed by atoms with Crippen LogP contribution in [0.4, 0.5) is 13.2 Å². The van der Waals surface area contributed by atoms with Gasteiger partial charge in [-0.1, -0.05) is 11.2 Å². The maximum absolute atomic E-state index is 12.8. The Hall–Kier alpha value is -3.17. The Morgan fingerprint density at radius 2 is 1.94 bits per heavy atom. The molecule has 1 aromatic carbocycles. The third-order valence-corrected chi connectivity index (χ3v) is 6.22. The van der Waals surface area contributed by atoms with Gasteiger partial charge in [0.2, 0.25) is 10.0 Å². The van der Waals surface area contributed by atoms with E-state index >= 15 is 0 Å². The van der Waals surface area contributed by atoms with Crippen molar-refractivity contribution in [1.29, 1.82) is 5.26 Å². The van der Waals surface area contributed by atoms with Crippen LogP contribution in [0.25, 0.3) is 0 Å². The second-order valence-electron chi connectivity index (χ2n) is 6.51. The molecule has 1 saturated heterocycles. The monoisotopic (exact) mass is 454 g/mol. The molecule has 0 bridgehead atoms. The van der Waals surface area contributed by atoms with Crippen LogP contribution in [0.3, 0.4) is 0 Å². The van der Waals surface area contributed by atoms with Gasteiger partial charge in [-0.3, -0.25) is 4.98 Å². The van der Waals surface area contributed by atoms with Crippen molar-refractivity contribution < 1.29 is 31.2 Å². The molecule has 0 radical (unpaired) electrons. The highest BCUT2D eigenvalue weighted by atomic mass is 32.2. The van der Waals surface area contributed by atoms with E-state index in [0.717, 1.165) is 12.1 Å². The fourth-order valence-corrected chi connectivity index (χ4v) is 4.35. The van der Waals surface area contributed by atoms with E-state index in [4.69, 9.17) is 10.1 Å². The van der Waals surface area contributed by atoms with Gasteiger partial charge < -0.3 is 9.57 Å². The quantitative estimate of drug-likeness (QED) is 0.621. The summed E-state index contributed by atoms with van der Waals surface area (Å²) in [5.41, 5.74) is 1.63. The van der Waals surface area contributed by atoms with Crippen molar-refractivity contribution >= 4 is 15.7 Å². The van der Waals surface area contributed by atoms with Crippen LogP contribution in [-0.4, -0.2) is 42.9 Å². The molecule has 0 amide bonds. The Kier molecular flexibility index (Phi) is 6.77. The summed E-state index contributed by atoms with van der Waals surface area (Å²) < 4.78 is 67.7. The highest BCUT2D eigenvalue weighted by Crippen LogP contribution is 2.27. The summed E-state index contributed by atoms with van der Waals surface area (Å²) in [5, 5.41) is 12.9. The van der Waals surface area contributed by atoms with Crippen LogP contribution < -0.4 is 4.74 Å². The van der Waals surface area contributed by atoms with E-state index in [9.17, 15) is 21.6 Å². The van der Waals surface area contributed by atoms with Crippen LogP contribution >= 0.6 is 0 Å². The summed E-state index contributed by atoms with van der Waals surface area (Å²) in [6.07, 6.45) is -2.81. The molecule has 12 heteroatoms. The van der Waals surface area contributed by atoms with Gasteiger partial charge in [0, 0.05) is 38.2 Å². The summed E-state index contributed by atoms with van der Waals surface area (Å²) in [5.74, 6) is -0.602. The number of hydrogen-bond donors (Lipinski definition) is 0. The summed E-state index contributed by atoms with van der Waals surface area (Å²) in [7, 11) is -3.99. The van der Waals surface area contributed by atoms with Crippen LogP contribution in [0.1, 0.15) is 24.1 Å². The Balaban J connectivity index is 1.59. The van der Waals surface area contributed by atoms with Crippen LogP contribution in [0.5, 0.6) is 5.75 Å². The Bertz CT molecular complexity index is 1100. The molecule has 2 heterocycles. The van der Waals surface area contributed by atoms with Gasteiger partial charge in [-0.25, -0.2) is 8.42 Å². The molecule has 0 aliphatic carbocycles. The SMILES string of the molecule is N#Cc1ccnc(CON=C2CCN(S(=O)(=O)c3cccc(OC(F)(F)F)c3)CC2)c1. The molecule has 0 saturated carbocycles. The van der Waals surface area contributed by atoms with Crippen molar-refractivity contribution in [1.82, 2.24) is 9.29 Å². The number of aromatic nitrogens is 1. The molecule has 2 aromatic rings. The topological polar surface area (TPSA) is 105 Å². The molecule has 1 aliphatic heterocycles. The zero-order valence-electron chi connectivity index (χ0n) is 16.0. The van der Waals surface area contributed by atoms with Crippen LogP contribution in [0.15, 0.2) is 52.6 Å². The van der Waals surface area contributed by atoms with E-state index in [-0.39, 0.29) is 24.6 Å². The Morgan fingerprint density at radius 1 is 1.19 bits per heavy atom. The smallest absolute Gasteiger partial charge is 0.406 e. The fourth-order valence-electron chi connectivity index (χ4n) is 2.87. The van der Waals surface area contributed by atoms with Gasteiger partial charge in [0.25, 0.3) is 0 Å². The molecule has 164 valence electrons. The molecular weight excluding hydrogens is 437 g/mol. The number of pyridine rings is 1. The van der Waals surface area contributed by atoms with Crippen molar-refractivity contribution in [2.75, 3.05) is 13.1 Å². The minimum absolute atomic E-state index is 0.0625. The Morgan fingerprint density at radius 3 is 2.61 bits per heavy atom. The Labute approximate surface area is 176 Å². The summed E-state index contributed by atoms with van der Waals surface area (Å²) in [6, 6.07) is 9.42. The summed E-state index contributed by atoms with van der Waals surface area (Å²) >= 11 is 0. The van der Waals surface area contributed by atoms with Crippen LogP contribution in [0, 0.1) is 11.3 Å². The molecule has 1 aliphatic rings. The van der Waals surface area contributed by atoms with Gasteiger partial charge in [0.1, 0.15) is 5.75 Å². The predicted molar refractivity (Wildman–Crippen MR) is 102 cm³/mol. The molecule has 1 aromatic heterocycles. The summed E-state index contributed by atoms with van der Waals surface area (Å²) in [4.78, 5) is 9.03. The standard InChI is InChI=1S/C19H17F3N4O4S/c20-19(21,22)30-17-2-1-3-18(11-17)31(27,28)26-8-5-15(6-9-26)25-29-13-16-10-14(12-23)4-7-24-16/h1-4,7,10-11H,5-6,8-9,13H2. The first-order valence-electron chi connectivity index (χ1n) is 9.06. The molecule has 0 N–H and O–H groups in total. The lowest BCUT2D eigenvalue weighted by Crippen LogP contribution is -2.38. The number of sulfonamides is 1. The first-order valence-corrected chi connectivity index (χ1v) is 10.5. The number of halogens is 3. The number of benzene rings is 1. The predicted octanol–water partition coefficient (Wildman–Crippen LogP) is 3.21. The van der Waals surface area contributed by atoms with Gasteiger partial charge in [-0.2, -0.15) is 9.57 Å². The average Bonchev–Trinajstić information content (AvgIpc) is 2.73. The molecular formula is C19H17F3N4O4S. The number of hydrogen-bond acceptors (Lipinski definition) is 7. The van der Waals surface area contributed by atoms with Crippen molar-refractivity contribution in [2.24, 2.45) is 5.16 Å². The third kappa shape index (κ3) is 6.16. The van der Waals surface area contributed by atoms with Gasteiger partial charge >= 0.3 is 6.36 Å². The van der Waals surface area contributed by atoms with Gasteiger partial charge in [0.05, 0.1) is 27.9 Å². The lowest BCUT2D eigenvalue weighted by Gasteiger charge is -2.26. The number of piperidine rings is 1. The normalized spacial score (nSPS) is 15.2. The molecule has 1 fully saturated rings. The number of alkyl halides is 3. The number of oxime groups is 1. The van der Waals surface area contributed by atoms with E-state index in [1.54, 1.807) is 12.1 Å². The minimum Gasteiger partial charge on any atom is -0.406 e. The second-order valence-corrected chi connectivity index (χ2v) is 8.44. The van der Waals surface area contributed by atoms with Crippen molar-refractivity contribution in [3.63, 3.8) is 0 Å². The van der Waals surface area contributed by atoms with Gasteiger partial charge in [0.15, 0.2) is 6.61 Å². The largest absolute Gasteiger partial charge is 0.573 e. The third-order valence-electron chi connectivity index (χ3n) is 4.33. The maximum atomic E-state index is 12.8. The van der Waals surface area contributed by atoms with E-state index in [1.807, 2.05) is 6.07 Å². The van der Waals surface area contributed by atoms with E-state index in [2.05, 4.69) is 14.9 Å². The molecule has 0 unspecified atom stereocenters. The average molecular weight is 454 g/mol. The fraction of sp³-hybridized carbons (Fsp3) is 0.316. The highest BCUT2D eigenvalue weighted by Gasteiger charge is 2.32.